The molecule has 0 saturated carbocycles. The molecule has 3 rings (SSSR count). The molecule has 30 heavy (non-hydrogen) atoms. The van der Waals surface area contributed by atoms with Gasteiger partial charge in [-0.25, -0.2) is 0 Å². The number of nitrogens with one attached hydrogen (secondary N) is 3. The van der Waals surface area contributed by atoms with E-state index in [4.69, 9.17) is 23.2 Å². The fraction of sp³-hybridized carbons (Fsp3) is 0.200. The Kier molecular flexibility index (Phi) is 8.35. The van der Waals surface area contributed by atoms with E-state index in [0.29, 0.717) is 0 Å². The van der Waals surface area contributed by atoms with Gasteiger partial charge < -0.3 is 15.7 Å². The van der Waals surface area contributed by atoms with Gasteiger partial charge in [0.05, 0.1) is 16.3 Å². The fourth-order valence-electron chi connectivity index (χ4n) is 2.36. The number of carbonyl (C=O) groups excluding carboxylic acids is 2. The summed E-state index contributed by atoms with van der Waals surface area (Å²) in [4.78, 5) is 28.2. The van der Waals surface area contributed by atoms with Gasteiger partial charge in [-0.05, 0) is 50.1 Å². The van der Waals surface area contributed by atoms with Crippen molar-refractivity contribution in [3.8, 4) is 0 Å². The summed E-state index contributed by atoms with van der Waals surface area (Å²) in [6.45, 7) is 5.18. The smallest absolute Gasteiger partial charge is 0.276 e. The molecule has 0 fully saturated rings. The summed E-state index contributed by atoms with van der Waals surface area (Å²) in [5, 5.41) is 20.7. The number of aliphatic hydroxyl groups excluding tert-OH is 1. The van der Waals surface area contributed by atoms with Crippen molar-refractivity contribution in [2.45, 2.75) is 27.0 Å². The largest absolute Gasteiger partial charge is 0.374 e. The van der Waals surface area contributed by atoms with Crippen LogP contribution in [-0.4, -0.2) is 38.3 Å². The van der Waals surface area contributed by atoms with Gasteiger partial charge in [0, 0.05) is 18.5 Å². The van der Waals surface area contributed by atoms with E-state index in [-0.39, 0.29) is 27.1 Å². The number of halogens is 2. The Morgan fingerprint density at radius 2 is 1.87 bits per heavy atom. The van der Waals surface area contributed by atoms with Crippen LogP contribution < -0.4 is 10.6 Å². The predicted molar refractivity (Wildman–Crippen MR) is 116 cm³/mol. The van der Waals surface area contributed by atoms with Crippen LogP contribution in [0.4, 0.5) is 5.69 Å². The van der Waals surface area contributed by atoms with Crippen LogP contribution in [0.3, 0.4) is 0 Å². The quantitative estimate of drug-likeness (QED) is 0.452. The minimum Gasteiger partial charge on any atom is -0.374 e. The first-order chi connectivity index (χ1) is 14.2. The zero-order valence-corrected chi connectivity index (χ0v) is 18.0. The molecule has 1 aromatic carbocycles. The van der Waals surface area contributed by atoms with Crippen LogP contribution in [0.15, 0.2) is 42.7 Å². The van der Waals surface area contributed by atoms with Crippen LogP contribution in [0.5, 0.6) is 0 Å². The summed E-state index contributed by atoms with van der Waals surface area (Å²) < 4.78 is 0. The Bertz CT molecular complexity index is 1020. The molecule has 0 bridgehead atoms. The number of hydrogen-bond donors (Lipinski definition) is 4. The number of carbonyl (C=O) groups is 2. The first kappa shape index (κ1) is 23.3. The second-order valence-electron chi connectivity index (χ2n) is 6.40. The molecule has 2 heterocycles. The van der Waals surface area contributed by atoms with Crippen LogP contribution in [0.2, 0.25) is 10.2 Å². The molecule has 158 valence electrons. The van der Waals surface area contributed by atoms with E-state index in [1.807, 2.05) is 25.3 Å². The molecule has 0 spiro atoms. The molecule has 0 radical (unpaired) electrons. The lowest BCUT2D eigenvalue weighted by Crippen LogP contribution is -2.33. The maximum atomic E-state index is 12.2. The predicted octanol–water partition coefficient (Wildman–Crippen LogP) is 3.74. The summed E-state index contributed by atoms with van der Waals surface area (Å²) in [6, 6.07) is 8.45. The molecule has 1 unspecified atom stereocenters. The third kappa shape index (κ3) is 6.84. The van der Waals surface area contributed by atoms with Gasteiger partial charge in [-0.1, -0.05) is 29.3 Å². The van der Waals surface area contributed by atoms with Gasteiger partial charge in [-0.2, -0.15) is 5.10 Å². The van der Waals surface area contributed by atoms with Crippen molar-refractivity contribution in [3.05, 3.63) is 75.3 Å². The number of aryl methyl sites for hydroxylation is 2. The molecule has 0 aliphatic carbocycles. The van der Waals surface area contributed by atoms with Crippen molar-refractivity contribution in [2.75, 3.05) is 5.32 Å². The van der Waals surface area contributed by atoms with Gasteiger partial charge in [0.15, 0.2) is 5.69 Å². The lowest BCUT2D eigenvalue weighted by atomic mass is 10.1. The van der Waals surface area contributed by atoms with Gasteiger partial charge in [-0.15, -0.1) is 0 Å². The fourth-order valence-corrected chi connectivity index (χ4v) is 2.82. The molecule has 2 aromatic heterocycles. The molecular weight excluding hydrogens is 429 g/mol. The van der Waals surface area contributed by atoms with Gasteiger partial charge in [-0.3, -0.25) is 19.7 Å². The first-order valence-corrected chi connectivity index (χ1v) is 9.61. The number of rotatable bonds is 4. The maximum Gasteiger partial charge on any atom is 0.276 e. The first-order valence-electron chi connectivity index (χ1n) is 8.85. The number of H-pyrrole nitrogens is 1. The number of benzene rings is 1. The summed E-state index contributed by atoms with van der Waals surface area (Å²) in [5.74, 6) is -1.15. The molecule has 3 aromatic rings. The molecule has 0 aliphatic heterocycles. The van der Waals surface area contributed by atoms with Crippen molar-refractivity contribution in [2.24, 2.45) is 0 Å². The number of pyridine rings is 1. The Balaban J connectivity index is 0.000000386. The molecular formula is C20H21Cl2N5O3. The number of anilines is 1. The van der Waals surface area contributed by atoms with E-state index < -0.39 is 18.0 Å². The number of aromatic nitrogens is 3. The van der Waals surface area contributed by atoms with Gasteiger partial charge in [0.25, 0.3) is 11.8 Å². The van der Waals surface area contributed by atoms with E-state index in [1.165, 1.54) is 18.6 Å². The van der Waals surface area contributed by atoms with Gasteiger partial charge >= 0.3 is 0 Å². The molecule has 0 saturated heterocycles. The lowest BCUT2D eigenvalue weighted by molar-refractivity contribution is 0.0819. The van der Waals surface area contributed by atoms with E-state index >= 15 is 0 Å². The number of aliphatic hydroxyl groups is 1. The average molecular weight is 450 g/mol. The van der Waals surface area contributed by atoms with E-state index in [1.54, 1.807) is 25.3 Å². The summed E-state index contributed by atoms with van der Waals surface area (Å²) in [6.07, 6.45) is 2.56. The Morgan fingerprint density at radius 3 is 2.37 bits per heavy atom. The second kappa shape index (κ2) is 10.7. The van der Waals surface area contributed by atoms with Crippen molar-refractivity contribution >= 4 is 40.7 Å². The van der Waals surface area contributed by atoms with Crippen LogP contribution in [0.25, 0.3) is 0 Å². The number of aromatic amines is 1. The normalized spacial score (nSPS) is 11.1. The number of hydrogen-bond acceptors (Lipinski definition) is 5. The summed E-state index contributed by atoms with van der Waals surface area (Å²) >= 11 is 11.8. The SMILES string of the molecule is Cc1cc(Cl)c(NC(=O)c2cc(Cl)[nH]n2)c(C(=O)NC(C)O)c1.Cc1cccnc1. The minimum atomic E-state index is -1.05. The highest BCUT2D eigenvalue weighted by atomic mass is 35.5. The summed E-state index contributed by atoms with van der Waals surface area (Å²) in [5.41, 5.74) is 2.24. The van der Waals surface area contributed by atoms with Gasteiger partial charge in [0.1, 0.15) is 11.4 Å². The number of nitrogens with zero attached hydrogens (tertiary/aromatic N) is 2. The third-order valence-electron chi connectivity index (χ3n) is 3.65. The topological polar surface area (TPSA) is 120 Å². The van der Waals surface area contributed by atoms with Gasteiger partial charge in [0.2, 0.25) is 0 Å². The second-order valence-corrected chi connectivity index (χ2v) is 7.22. The molecule has 8 nitrogen and oxygen atoms in total. The molecule has 2 amide bonds. The van der Waals surface area contributed by atoms with Crippen LogP contribution in [0.1, 0.15) is 38.9 Å². The zero-order valence-electron chi connectivity index (χ0n) is 16.5. The maximum absolute atomic E-state index is 12.2. The molecule has 0 aliphatic rings. The highest BCUT2D eigenvalue weighted by Gasteiger charge is 2.20. The van der Waals surface area contributed by atoms with Crippen molar-refractivity contribution in [1.82, 2.24) is 20.5 Å². The van der Waals surface area contributed by atoms with Crippen molar-refractivity contribution in [3.63, 3.8) is 0 Å². The van der Waals surface area contributed by atoms with E-state index in [2.05, 4.69) is 25.8 Å². The van der Waals surface area contributed by atoms with Crippen LogP contribution in [-0.2, 0) is 0 Å². The average Bonchev–Trinajstić information content (AvgIpc) is 3.10. The lowest BCUT2D eigenvalue weighted by Gasteiger charge is -2.14. The third-order valence-corrected chi connectivity index (χ3v) is 4.14. The molecule has 1 atom stereocenters. The van der Waals surface area contributed by atoms with Crippen LogP contribution >= 0.6 is 23.2 Å². The Hall–Kier alpha value is -2.94. The molecule has 4 N–H and O–H groups in total. The zero-order chi connectivity index (χ0) is 22.3. The summed E-state index contributed by atoms with van der Waals surface area (Å²) in [7, 11) is 0. The number of amides is 2. The minimum absolute atomic E-state index is 0.0496. The van der Waals surface area contributed by atoms with E-state index in [9.17, 15) is 14.7 Å². The Morgan fingerprint density at radius 1 is 1.13 bits per heavy atom. The van der Waals surface area contributed by atoms with Crippen molar-refractivity contribution < 1.29 is 14.7 Å². The highest BCUT2D eigenvalue weighted by molar-refractivity contribution is 6.35. The Labute approximate surface area is 183 Å². The highest BCUT2D eigenvalue weighted by Crippen LogP contribution is 2.28. The standard InChI is InChI=1S/C14H14Cl2N4O3.C6H7N/c1-6-3-8(13(22)17-7(2)21)12(9(15)4-6)18-14(23)10-5-11(16)20-19-10;1-6-3-2-4-7-5-6/h3-5,7,21H,1-2H3,(H,17,22)(H,18,23)(H,19,20);2-5H,1H3. The van der Waals surface area contributed by atoms with E-state index in [0.717, 1.165) is 5.56 Å². The molecule has 10 heteroatoms. The monoisotopic (exact) mass is 449 g/mol. The van der Waals surface area contributed by atoms with Crippen molar-refractivity contribution in [1.29, 1.82) is 0 Å². The van der Waals surface area contributed by atoms with Crippen LogP contribution in [0, 0.1) is 13.8 Å².